The van der Waals surface area contributed by atoms with E-state index in [4.69, 9.17) is 0 Å². The molecule has 0 aliphatic heterocycles. The SMILES string of the molecule is CCC(O)c1cc(C)c(-c2cc3cnc(NC(=O)[C@@H]4C[C@@H]4F)cc3n(C)c2=O)cn1. The molecule has 3 aromatic rings. The van der Waals surface area contributed by atoms with Gasteiger partial charge in [-0.2, -0.15) is 0 Å². The lowest BCUT2D eigenvalue weighted by atomic mass is 10.0. The van der Waals surface area contributed by atoms with Crippen LogP contribution in [0.5, 0.6) is 0 Å². The van der Waals surface area contributed by atoms with Crippen molar-refractivity contribution < 1.29 is 14.3 Å². The molecule has 2 N–H and O–H groups in total. The van der Waals surface area contributed by atoms with E-state index in [0.29, 0.717) is 28.8 Å². The van der Waals surface area contributed by atoms with Crippen LogP contribution in [-0.2, 0) is 11.8 Å². The van der Waals surface area contributed by atoms with E-state index in [9.17, 15) is 19.1 Å². The lowest BCUT2D eigenvalue weighted by Gasteiger charge is -2.14. The molecule has 4 rings (SSSR count). The highest BCUT2D eigenvalue weighted by Crippen LogP contribution is 2.34. The molecule has 30 heavy (non-hydrogen) atoms. The molecule has 3 heterocycles. The number of hydrogen-bond donors (Lipinski definition) is 2. The minimum absolute atomic E-state index is 0.217. The van der Waals surface area contributed by atoms with Gasteiger partial charge >= 0.3 is 0 Å². The van der Waals surface area contributed by atoms with E-state index in [0.717, 1.165) is 10.9 Å². The number of pyridine rings is 3. The van der Waals surface area contributed by atoms with Gasteiger partial charge in [-0.05, 0) is 37.5 Å². The average Bonchev–Trinajstić information content (AvgIpc) is 3.47. The van der Waals surface area contributed by atoms with Crippen molar-refractivity contribution in [1.29, 1.82) is 0 Å². The molecule has 1 fully saturated rings. The summed E-state index contributed by atoms with van der Waals surface area (Å²) in [5.41, 5.74) is 2.96. The lowest BCUT2D eigenvalue weighted by molar-refractivity contribution is -0.117. The van der Waals surface area contributed by atoms with Crippen molar-refractivity contribution in [3.05, 3.63) is 52.2 Å². The normalized spacial score (nSPS) is 19.0. The number of anilines is 1. The number of alkyl halides is 1. The number of aliphatic hydroxyl groups excluding tert-OH is 1. The highest BCUT2D eigenvalue weighted by molar-refractivity contribution is 5.95. The summed E-state index contributed by atoms with van der Waals surface area (Å²) < 4.78 is 14.6. The minimum atomic E-state index is -1.08. The molecule has 1 unspecified atom stereocenters. The van der Waals surface area contributed by atoms with Crippen LogP contribution in [0.4, 0.5) is 10.2 Å². The van der Waals surface area contributed by atoms with Crippen LogP contribution in [0.2, 0.25) is 0 Å². The number of aliphatic hydroxyl groups is 1. The van der Waals surface area contributed by atoms with Crippen LogP contribution < -0.4 is 10.9 Å². The predicted molar refractivity (Wildman–Crippen MR) is 112 cm³/mol. The van der Waals surface area contributed by atoms with Crippen LogP contribution in [0.25, 0.3) is 22.0 Å². The lowest BCUT2D eigenvalue weighted by Crippen LogP contribution is -2.20. The van der Waals surface area contributed by atoms with Gasteiger partial charge in [0.2, 0.25) is 5.91 Å². The summed E-state index contributed by atoms with van der Waals surface area (Å²) in [6.07, 6.45) is 2.25. The molecular weight excluding hydrogens is 387 g/mol. The van der Waals surface area contributed by atoms with Gasteiger partial charge in [0.15, 0.2) is 0 Å². The zero-order valence-corrected chi connectivity index (χ0v) is 17.0. The number of amides is 1. The van der Waals surface area contributed by atoms with Crippen molar-refractivity contribution in [2.45, 2.75) is 39.0 Å². The summed E-state index contributed by atoms with van der Waals surface area (Å²) >= 11 is 0. The van der Waals surface area contributed by atoms with Crippen molar-refractivity contribution in [3.63, 3.8) is 0 Å². The van der Waals surface area contributed by atoms with Gasteiger partial charge in [0, 0.05) is 42.0 Å². The smallest absolute Gasteiger partial charge is 0.258 e. The fraction of sp³-hybridized carbons (Fsp3) is 0.364. The molecule has 0 spiro atoms. The van der Waals surface area contributed by atoms with Crippen LogP contribution in [0.15, 0.2) is 35.4 Å². The van der Waals surface area contributed by atoms with Crippen molar-refractivity contribution in [1.82, 2.24) is 14.5 Å². The summed E-state index contributed by atoms with van der Waals surface area (Å²) in [5, 5.41) is 13.3. The Morgan fingerprint density at radius 1 is 1.30 bits per heavy atom. The second-order valence-electron chi connectivity index (χ2n) is 7.75. The Balaban J connectivity index is 1.72. The number of nitrogens with zero attached hydrogens (tertiary/aromatic N) is 3. The predicted octanol–water partition coefficient (Wildman–Crippen LogP) is 3.04. The molecule has 0 bridgehead atoms. The van der Waals surface area contributed by atoms with Gasteiger partial charge in [-0.1, -0.05) is 6.92 Å². The van der Waals surface area contributed by atoms with Crippen LogP contribution in [0.3, 0.4) is 0 Å². The molecule has 1 aliphatic carbocycles. The van der Waals surface area contributed by atoms with E-state index in [2.05, 4.69) is 15.3 Å². The summed E-state index contributed by atoms with van der Waals surface area (Å²) in [7, 11) is 1.65. The molecule has 3 atom stereocenters. The van der Waals surface area contributed by atoms with E-state index in [1.807, 2.05) is 13.8 Å². The first-order valence-corrected chi connectivity index (χ1v) is 9.89. The summed E-state index contributed by atoms with van der Waals surface area (Å²) in [5.74, 6) is -0.726. The number of carbonyl (C=O) groups excluding carboxylic acids is 1. The fourth-order valence-corrected chi connectivity index (χ4v) is 3.53. The third-order valence-electron chi connectivity index (χ3n) is 5.56. The van der Waals surface area contributed by atoms with Crippen LogP contribution in [0, 0.1) is 12.8 Å². The molecule has 1 amide bonds. The van der Waals surface area contributed by atoms with Crippen LogP contribution >= 0.6 is 0 Å². The Morgan fingerprint density at radius 3 is 2.67 bits per heavy atom. The standard InChI is InChI=1S/C22H23FN4O3/c1-4-19(28)17-5-11(2)15(10-24-17)13-6-12-9-25-20(8-18(12)27(3)22(13)30)26-21(29)14-7-16(14)23/h5-6,8-10,14,16,19,28H,4,7H2,1-3H3,(H,25,26,29)/t14-,16+,19?/m1/s1. The Kier molecular flexibility index (Phi) is 5.11. The molecule has 8 heteroatoms. The van der Waals surface area contributed by atoms with Crippen molar-refractivity contribution in [2.24, 2.45) is 13.0 Å². The van der Waals surface area contributed by atoms with Gasteiger partial charge in [-0.25, -0.2) is 9.37 Å². The molecule has 0 saturated heterocycles. The molecular formula is C22H23FN4O3. The first-order valence-electron chi connectivity index (χ1n) is 9.89. The third kappa shape index (κ3) is 3.59. The Labute approximate surface area is 172 Å². The largest absolute Gasteiger partial charge is 0.387 e. The fourth-order valence-electron chi connectivity index (χ4n) is 3.53. The summed E-state index contributed by atoms with van der Waals surface area (Å²) in [4.78, 5) is 33.6. The number of carbonyl (C=O) groups is 1. The molecule has 1 saturated carbocycles. The highest BCUT2D eigenvalue weighted by atomic mass is 19.1. The highest BCUT2D eigenvalue weighted by Gasteiger charge is 2.43. The van der Waals surface area contributed by atoms with E-state index >= 15 is 0 Å². The number of fused-ring (bicyclic) bond motifs is 1. The minimum Gasteiger partial charge on any atom is -0.387 e. The van der Waals surface area contributed by atoms with E-state index in [-0.39, 0.29) is 17.8 Å². The Bertz CT molecular complexity index is 1210. The van der Waals surface area contributed by atoms with Gasteiger partial charge in [0.05, 0.1) is 23.2 Å². The Hall–Kier alpha value is -3.13. The van der Waals surface area contributed by atoms with E-state index in [1.165, 1.54) is 4.57 Å². The van der Waals surface area contributed by atoms with Crippen LogP contribution in [-0.4, -0.2) is 31.7 Å². The monoisotopic (exact) mass is 410 g/mol. The quantitative estimate of drug-likeness (QED) is 0.674. The molecule has 3 aromatic heterocycles. The van der Waals surface area contributed by atoms with Gasteiger partial charge < -0.3 is 15.0 Å². The van der Waals surface area contributed by atoms with Crippen molar-refractivity contribution in [3.8, 4) is 11.1 Å². The van der Waals surface area contributed by atoms with E-state index in [1.54, 1.807) is 37.6 Å². The maximum Gasteiger partial charge on any atom is 0.258 e. The number of hydrogen-bond acceptors (Lipinski definition) is 5. The molecule has 156 valence electrons. The Morgan fingerprint density at radius 2 is 2.03 bits per heavy atom. The molecule has 0 radical (unpaired) electrons. The summed E-state index contributed by atoms with van der Waals surface area (Å²) in [6, 6.07) is 5.15. The number of aryl methyl sites for hydroxylation is 2. The topological polar surface area (TPSA) is 97.1 Å². The van der Waals surface area contributed by atoms with Crippen molar-refractivity contribution in [2.75, 3.05) is 5.32 Å². The zero-order chi connectivity index (χ0) is 21.6. The van der Waals surface area contributed by atoms with Gasteiger partial charge in [0.1, 0.15) is 12.0 Å². The first kappa shape index (κ1) is 20.2. The van der Waals surface area contributed by atoms with Crippen molar-refractivity contribution >= 4 is 22.6 Å². The van der Waals surface area contributed by atoms with Gasteiger partial charge in [-0.15, -0.1) is 0 Å². The zero-order valence-electron chi connectivity index (χ0n) is 17.0. The number of nitrogens with one attached hydrogen (secondary N) is 1. The maximum absolute atomic E-state index is 13.1. The second kappa shape index (κ2) is 7.60. The molecule has 7 nitrogen and oxygen atoms in total. The number of rotatable bonds is 5. The van der Waals surface area contributed by atoms with E-state index < -0.39 is 24.1 Å². The number of halogens is 1. The summed E-state index contributed by atoms with van der Waals surface area (Å²) in [6.45, 7) is 3.75. The average molecular weight is 410 g/mol. The number of aromatic nitrogens is 3. The second-order valence-corrected chi connectivity index (χ2v) is 7.75. The maximum atomic E-state index is 13.1. The third-order valence-corrected chi connectivity index (χ3v) is 5.56. The molecule has 0 aromatic carbocycles. The van der Waals surface area contributed by atoms with Gasteiger partial charge in [0.25, 0.3) is 5.56 Å². The molecule has 1 aliphatic rings. The van der Waals surface area contributed by atoms with Crippen LogP contribution in [0.1, 0.15) is 37.1 Å². The first-order chi connectivity index (χ1) is 14.3. The van der Waals surface area contributed by atoms with Gasteiger partial charge in [-0.3, -0.25) is 14.6 Å².